The van der Waals surface area contributed by atoms with Crippen molar-refractivity contribution < 1.29 is 9.13 Å². The number of hydrogen-bond acceptors (Lipinski definition) is 8. The third-order valence-electron chi connectivity index (χ3n) is 6.47. The number of rotatable bonds is 10. The summed E-state index contributed by atoms with van der Waals surface area (Å²) in [6.45, 7) is 3.41. The molecule has 2 fully saturated rings. The average molecular weight is 454 g/mol. The van der Waals surface area contributed by atoms with Crippen LogP contribution in [0.2, 0.25) is 0 Å². The highest BCUT2D eigenvalue weighted by atomic mass is 19.1. The number of nitriles is 1. The summed E-state index contributed by atoms with van der Waals surface area (Å²) in [5.41, 5.74) is 1.13. The second-order valence-electron chi connectivity index (χ2n) is 9.28. The molecule has 9 heteroatoms. The largest absolute Gasteiger partial charge is 0.383 e. The van der Waals surface area contributed by atoms with Gasteiger partial charge in [0, 0.05) is 43.7 Å². The zero-order chi connectivity index (χ0) is 23.3. The van der Waals surface area contributed by atoms with Gasteiger partial charge in [0.15, 0.2) is 5.82 Å². The Morgan fingerprint density at radius 1 is 1.24 bits per heavy atom. The zero-order valence-electron chi connectivity index (χ0n) is 19.3. The number of aromatic nitrogens is 3. The first-order valence-electron chi connectivity index (χ1n) is 11.7. The van der Waals surface area contributed by atoms with E-state index in [-0.39, 0.29) is 17.2 Å². The van der Waals surface area contributed by atoms with Crippen molar-refractivity contribution in [3.05, 3.63) is 30.3 Å². The maximum absolute atomic E-state index is 14.6. The summed E-state index contributed by atoms with van der Waals surface area (Å²) >= 11 is 0. The standard InChI is InChI=1S/C24H32FN7O/c1-16(13-33-2)30-17-3-5-18(6-4-17)31-23-28-12-20(25)22(32-23)21-11-19(7-10-27-21)29-15-24(14-26)8-9-24/h7,10-12,16-18,30H,3-6,8-9,13,15H2,1-2H3,(H,27,29)(H,28,31,32). The molecule has 2 aliphatic carbocycles. The molecule has 0 aliphatic heterocycles. The first kappa shape index (κ1) is 23.3. The maximum Gasteiger partial charge on any atom is 0.223 e. The van der Waals surface area contributed by atoms with Crippen molar-refractivity contribution in [1.29, 1.82) is 5.26 Å². The maximum atomic E-state index is 14.6. The van der Waals surface area contributed by atoms with Gasteiger partial charge in [0.05, 0.1) is 30.0 Å². The lowest BCUT2D eigenvalue weighted by molar-refractivity contribution is 0.161. The predicted octanol–water partition coefficient (Wildman–Crippen LogP) is 3.74. The first-order valence-corrected chi connectivity index (χ1v) is 11.7. The molecule has 4 rings (SSSR count). The Morgan fingerprint density at radius 2 is 2.00 bits per heavy atom. The van der Waals surface area contributed by atoms with Gasteiger partial charge in [-0.05, 0) is 57.6 Å². The number of halogens is 1. The number of pyridine rings is 1. The van der Waals surface area contributed by atoms with E-state index in [0.29, 0.717) is 36.9 Å². The van der Waals surface area contributed by atoms with E-state index in [4.69, 9.17) is 4.74 Å². The molecule has 0 bridgehead atoms. The van der Waals surface area contributed by atoms with Crippen LogP contribution >= 0.6 is 0 Å². The van der Waals surface area contributed by atoms with Crippen molar-refractivity contribution in [2.75, 3.05) is 30.9 Å². The molecule has 8 nitrogen and oxygen atoms in total. The van der Waals surface area contributed by atoms with Crippen LogP contribution < -0.4 is 16.0 Å². The molecule has 0 saturated heterocycles. The van der Waals surface area contributed by atoms with Crippen LogP contribution in [0.25, 0.3) is 11.4 Å². The number of anilines is 2. The third kappa shape index (κ3) is 6.15. The normalized spacial score (nSPS) is 22.2. The van der Waals surface area contributed by atoms with Crippen molar-refractivity contribution in [3.8, 4) is 17.5 Å². The summed E-state index contributed by atoms with van der Waals surface area (Å²) in [4.78, 5) is 12.9. The lowest BCUT2D eigenvalue weighted by atomic mass is 9.91. The molecule has 176 valence electrons. The van der Waals surface area contributed by atoms with Gasteiger partial charge in [-0.1, -0.05) is 0 Å². The van der Waals surface area contributed by atoms with Gasteiger partial charge < -0.3 is 20.7 Å². The van der Waals surface area contributed by atoms with Crippen LogP contribution in [0, 0.1) is 22.6 Å². The SMILES string of the molecule is COCC(C)NC1CCC(Nc2ncc(F)c(-c3cc(NCC4(C#N)CC4)ccn3)n2)CC1. The lowest BCUT2D eigenvalue weighted by Crippen LogP contribution is -2.43. The monoisotopic (exact) mass is 453 g/mol. The summed E-state index contributed by atoms with van der Waals surface area (Å²) in [6.07, 6.45) is 8.73. The van der Waals surface area contributed by atoms with E-state index in [1.165, 1.54) is 6.20 Å². The quantitative estimate of drug-likeness (QED) is 0.499. The van der Waals surface area contributed by atoms with Gasteiger partial charge in [0.1, 0.15) is 5.69 Å². The van der Waals surface area contributed by atoms with Crippen LogP contribution in [0.3, 0.4) is 0 Å². The van der Waals surface area contributed by atoms with Gasteiger partial charge >= 0.3 is 0 Å². The van der Waals surface area contributed by atoms with Gasteiger partial charge in [-0.25, -0.2) is 14.4 Å². The van der Waals surface area contributed by atoms with Gasteiger partial charge in [-0.2, -0.15) is 5.26 Å². The average Bonchev–Trinajstić information content (AvgIpc) is 3.61. The topological polar surface area (TPSA) is 108 Å². The fourth-order valence-corrected chi connectivity index (χ4v) is 4.32. The minimum Gasteiger partial charge on any atom is -0.383 e. The minimum atomic E-state index is -0.513. The first-order chi connectivity index (χ1) is 16.0. The molecule has 0 amide bonds. The van der Waals surface area contributed by atoms with E-state index in [0.717, 1.165) is 44.2 Å². The smallest absolute Gasteiger partial charge is 0.223 e. The molecule has 2 saturated carbocycles. The molecule has 33 heavy (non-hydrogen) atoms. The molecule has 3 N–H and O–H groups in total. The Labute approximate surface area is 194 Å². The summed E-state index contributed by atoms with van der Waals surface area (Å²) in [5.74, 6) is -0.0990. The number of nitrogens with one attached hydrogen (secondary N) is 3. The Balaban J connectivity index is 1.37. The highest BCUT2D eigenvalue weighted by Gasteiger charge is 2.42. The molecular weight excluding hydrogens is 421 g/mol. The van der Waals surface area contributed by atoms with Gasteiger partial charge in [0.2, 0.25) is 5.95 Å². The van der Waals surface area contributed by atoms with Crippen molar-refractivity contribution in [2.24, 2.45) is 5.41 Å². The second-order valence-corrected chi connectivity index (χ2v) is 9.28. The summed E-state index contributed by atoms with van der Waals surface area (Å²) in [6, 6.07) is 7.01. The number of nitrogens with zero attached hydrogens (tertiary/aromatic N) is 4. The van der Waals surface area contributed by atoms with Crippen LogP contribution in [0.4, 0.5) is 16.0 Å². The molecule has 0 radical (unpaired) electrons. The molecule has 2 aromatic heterocycles. The van der Waals surface area contributed by atoms with Crippen LogP contribution in [0.5, 0.6) is 0 Å². The van der Waals surface area contributed by atoms with Crippen molar-refractivity contribution in [1.82, 2.24) is 20.3 Å². The Hall–Kier alpha value is -2.83. The molecular formula is C24H32FN7O. The number of methoxy groups -OCH3 is 1. The van der Waals surface area contributed by atoms with Crippen LogP contribution in [0.15, 0.2) is 24.5 Å². The van der Waals surface area contributed by atoms with Crippen molar-refractivity contribution >= 4 is 11.6 Å². The van der Waals surface area contributed by atoms with Crippen LogP contribution in [-0.4, -0.2) is 53.3 Å². The molecule has 0 aromatic carbocycles. The lowest BCUT2D eigenvalue weighted by Gasteiger charge is -2.31. The van der Waals surface area contributed by atoms with Crippen molar-refractivity contribution in [3.63, 3.8) is 0 Å². The van der Waals surface area contributed by atoms with Crippen LogP contribution in [0.1, 0.15) is 45.4 Å². The van der Waals surface area contributed by atoms with E-state index in [9.17, 15) is 9.65 Å². The Morgan fingerprint density at radius 3 is 2.70 bits per heavy atom. The minimum absolute atomic E-state index is 0.168. The summed E-state index contributed by atoms with van der Waals surface area (Å²) in [5, 5.41) is 19.5. The fraction of sp³-hybridized carbons (Fsp3) is 0.583. The third-order valence-corrected chi connectivity index (χ3v) is 6.47. The van der Waals surface area contributed by atoms with Gasteiger partial charge in [-0.3, -0.25) is 4.98 Å². The van der Waals surface area contributed by atoms with Crippen molar-refractivity contribution in [2.45, 2.75) is 63.6 Å². The van der Waals surface area contributed by atoms with E-state index in [2.05, 4.69) is 43.9 Å². The van der Waals surface area contributed by atoms with E-state index < -0.39 is 5.82 Å². The number of ether oxygens (including phenoxy) is 1. The molecule has 2 aromatic rings. The van der Waals surface area contributed by atoms with E-state index >= 15 is 0 Å². The Bertz CT molecular complexity index is 983. The Kier molecular flexibility index (Phi) is 7.36. The highest BCUT2D eigenvalue weighted by Crippen LogP contribution is 2.44. The summed E-state index contributed by atoms with van der Waals surface area (Å²) in [7, 11) is 1.72. The fourth-order valence-electron chi connectivity index (χ4n) is 4.32. The number of hydrogen-bond donors (Lipinski definition) is 3. The van der Waals surface area contributed by atoms with Gasteiger partial charge in [-0.15, -0.1) is 0 Å². The summed E-state index contributed by atoms with van der Waals surface area (Å²) < 4.78 is 19.8. The molecule has 1 unspecified atom stereocenters. The zero-order valence-corrected chi connectivity index (χ0v) is 19.3. The highest BCUT2D eigenvalue weighted by molar-refractivity contribution is 5.62. The van der Waals surface area contributed by atoms with E-state index in [1.54, 1.807) is 19.4 Å². The van der Waals surface area contributed by atoms with Crippen LogP contribution in [-0.2, 0) is 4.74 Å². The molecule has 0 spiro atoms. The van der Waals surface area contributed by atoms with Gasteiger partial charge in [0.25, 0.3) is 0 Å². The molecule has 1 atom stereocenters. The second kappa shape index (κ2) is 10.4. The van der Waals surface area contributed by atoms with E-state index in [1.807, 2.05) is 6.07 Å². The predicted molar refractivity (Wildman–Crippen MR) is 125 cm³/mol. The molecule has 2 heterocycles. The molecule has 2 aliphatic rings.